The second-order valence-corrected chi connectivity index (χ2v) is 4.49. The first-order valence-electron chi connectivity index (χ1n) is 5.65. The fraction of sp³-hybridized carbons (Fsp3) is 1.00. The summed E-state index contributed by atoms with van der Waals surface area (Å²) in [7, 11) is 0. The minimum atomic E-state index is -0.998. The molecule has 2 atom stereocenters. The predicted molar refractivity (Wildman–Crippen MR) is 57.0 cm³/mol. The summed E-state index contributed by atoms with van der Waals surface area (Å²) >= 11 is 0. The van der Waals surface area contributed by atoms with E-state index in [9.17, 15) is 15.2 Å². The van der Waals surface area contributed by atoms with Crippen LogP contribution >= 0.6 is 0 Å². The molecular formula is C10H20N2O3. The van der Waals surface area contributed by atoms with E-state index in [4.69, 9.17) is 5.73 Å². The average Bonchev–Trinajstić information content (AvgIpc) is 2.18. The van der Waals surface area contributed by atoms with E-state index in [0.29, 0.717) is 5.92 Å². The summed E-state index contributed by atoms with van der Waals surface area (Å²) in [6.07, 6.45) is 5.75. The predicted octanol–water partition coefficient (Wildman–Crippen LogP) is 0.922. The van der Waals surface area contributed by atoms with Crippen LogP contribution in [-0.4, -0.2) is 28.7 Å². The number of nitro groups is 1. The van der Waals surface area contributed by atoms with Crippen LogP contribution in [-0.2, 0) is 0 Å². The second-order valence-electron chi connectivity index (χ2n) is 4.49. The maximum absolute atomic E-state index is 10.2. The Hall–Kier alpha value is -0.680. The van der Waals surface area contributed by atoms with E-state index in [1.165, 1.54) is 19.3 Å². The lowest BCUT2D eigenvalue weighted by molar-refractivity contribution is -0.491. The zero-order valence-corrected chi connectivity index (χ0v) is 8.97. The van der Waals surface area contributed by atoms with Crippen molar-refractivity contribution in [3.63, 3.8) is 0 Å². The first-order chi connectivity index (χ1) is 7.09. The summed E-state index contributed by atoms with van der Waals surface area (Å²) in [6, 6.07) is -0.446. The van der Waals surface area contributed by atoms with Gasteiger partial charge in [-0.1, -0.05) is 32.1 Å². The van der Waals surface area contributed by atoms with E-state index < -0.39 is 23.6 Å². The van der Waals surface area contributed by atoms with Crippen LogP contribution in [0, 0.1) is 16.0 Å². The Morgan fingerprint density at radius 1 is 1.40 bits per heavy atom. The Morgan fingerprint density at radius 2 is 2.00 bits per heavy atom. The lowest BCUT2D eigenvalue weighted by atomic mass is 9.84. The third-order valence-corrected chi connectivity index (χ3v) is 3.16. The van der Waals surface area contributed by atoms with Crippen molar-refractivity contribution < 1.29 is 10.0 Å². The molecule has 0 spiro atoms. The fourth-order valence-electron chi connectivity index (χ4n) is 2.25. The maximum Gasteiger partial charge on any atom is 0.230 e. The number of aliphatic hydroxyl groups is 1. The number of hydrogen-bond acceptors (Lipinski definition) is 4. The molecule has 5 nitrogen and oxygen atoms in total. The smallest absolute Gasteiger partial charge is 0.230 e. The van der Waals surface area contributed by atoms with Crippen LogP contribution < -0.4 is 5.73 Å². The first-order valence-corrected chi connectivity index (χ1v) is 5.65. The Morgan fingerprint density at radius 3 is 2.53 bits per heavy atom. The SMILES string of the molecule is NC(CC1CCCCC1)C(O)C[N+](=O)[O-]. The molecule has 5 heteroatoms. The summed E-state index contributed by atoms with van der Waals surface area (Å²) < 4.78 is 0. The minimum Gasteiger partial charge on any atom is -0.385 e. The van der Waals surface area contributed by atoms with Crippen molar-refractivity contribution >= 4 is 0 Å². The molecule has 1 aliphatic carbocycles. The van der Waals surface area contributed by atoms with Gasteiger partial charge < -0.3 is 10.8 Å². The molecule has 1 fully saturated rings. The zero-order chi connectivity index (χ0) is 11.3. The van der Waals surface area contributed by atoms with Gasteiger partial charge in [-0.3, -0.25) is 10.1 Å². The molecule has 0 saturated heterocycles. The van der Waals surface area contributed by atoms with Gasteiger partial charge in [-0.05, 0) is 12.3 Å². The van der Waals surface area contributed by atoms with Crippen LogP contribution in [0.1, 0.15) is 38.5 Å². The summed E-state index contributed by atoms with van der Waals surface area (Å²) in [6.45, 7) is -0.437. The molecule has 0 amide bonds. The Labute approximate surface area is 89.8 Å². The molecule has 0 bridgehead atoms. The molecule has 0 aromatic rings. The van der Waals surface area contributed by atoms with Gasteiger partial charge in [0.1, 0.15) is 6.10 Å². The van der Waals surface area contributed by atoms with E-state index in [1.807, 2.05) is 0 Å². The standard InChI is InChI=1S/C10H20N2O3/c11-9(10(13)7-12(14)15)6-8-4-2-1-3-5-8/h8-10,13H,1-7,11H2. The molecule has 0 aromatic carbocycles. The van der Waals surface area contributed by atoms with Gasteiger partial charge >= 0.3 is 0 Å². The highest BCUT2D eigenvalue weighted by atomic mass is 16.6. The third-order valence-electron chi connectivity index (χ3n) is 3.16. The first kappa shape index (κ1) is 12.4. The van der Waals surface area contributed by atoms with Crippen LogP contribution in [0.25, 0.3) is 0 Å². The van der Waals surface area contributed by atoms with Crippen LogP contribution in [0.3, 0.4) is 0 Å². The lowest BCUT2D eigenvalue weighted by Gasteiger charge is -2.25. The van der Waals surface area contributed by atoms with Crippen molar-refractivity contribution in [3.8, 4) is 0 Å². The maximum atomic E-state index is 10.2. The molecule has 1 rings (SSSR count). The van der Waals surface area contributed by atoms with Crippen LogP contribution in [0.5, 0.6) is 0 Å². The number of rotatable bonds is 5. The number of hydrogen-bond donors (Lipinski definition) is 2. The molecular weight excluding hydrogens is 196 g/mol. The average molecular weight is 216 g/mol. The van der Waals surface area contributed by atoms with Gasteiger partial charge in [-0.2, -0.15) is 0 Å². The van der Waals surface area contributed by atoms with Gasteiger partial charge in [-0.15, -0.1) is 0 Å². The number of nitrogens with zero attached hydrogens (tertiary/aromatic N) is 1. The van der Waals surface area contributed by atoms with Crippen LogP contribution in [0.15, 0.2) is 0 Å². The second kappa shape index (κ2) is 6.02. The minimum absolute atomic E-state index is 0.437. The normalized spacial score (nSPS) is 22.3. The summed E-state index contributed by atoms with van der Waals surface area (Å²) in [5.41, 5.74) is 5.74. The molecule has 1 aliphatic rings. The molecule has 2 unspecified atom stereocenters. The van der Waals surface area contributed by atoms with Gasteiger partial charge in [0.15, 0.2) is 0 Å². The van der Waals surface area contributed by atoms with Gasteiger partial charge in [0.05, 0.1) is 0 Å². The van der Waals surface area contributed by atoms with Crippen molar-refractivity contribution in [2.75, 3.05) is 6.54 Å². The summed E-state index contributed by atoms with van der Waals surface area (Å²) in [5, 5.41) is 19.6. The Balaban J connectivity index is 2.26. The summed E-state index contributed by atoms with van der Waals surface area (Å²) in [4.78, 5) is 9.69. The van der Waals surface area contributed by atoms with Crippen LogP contribution in [0.4, 0.5) is 0 Å². The Bertz CT molecular complexity index is 205. The van der Waals surface area contributed by atoms with Gasteiger partial charge in [-0.25, -0.2) is 0 Å². The molecule has 88 valence electrons. The topological polar surface area (TPSA) is 89.4 Å². The van der Waals surface area contributed by atoms with Crippen molar-refractivity contribution in [2.45, 2.75) is 50.7 Å². The van der Waals surface area contributed by atoms with Gasteiger partial charge in [0.25, 0.3) is 0 Å². The molecule has 0 aliphatic heterocycles. The van der Waals surface area contributed by atoms with E-state index >= 15 is 0 Å². The quantitative estimate of drug-likeness (QED) is 0.528. The van der Waals surface area contributed by atoms with Crippen molar-refractivity contribution in [1.29, 1.82) is 0 Å². The van der Waals surface area contributed by atoms with E-state index in [-0.39, 0.29) is 0 Å². The monoisotopic (exact) mass is 216 g/mol. The van der Waals surface area contributed by atoms with Crippen molar-refractivity contribution in [2.24, 2.45) is 11.7 Å². The van der Waals surface area contributed by atoms with Gasteiger partial charge in [0, 0.05) is 11.0 Å². The highest BCUT2D eigenvalue weighted by Gasteiger charge is 2.24. The number of nitrogens with two attached hydrogens (primary N) is 1. The molecule has 0 heterocycles. The summed E-state index contributed by atoms with van der Waals surface area (Å²) in [5.74, 6) is 0.551. The highest BCUT2D eigenvalue weighted by Crippen LogP contribution is 2.27. The molecule has 0 radical (unpaired) electrons. The lowest BCUT2D eigenvalue weighted by Crippen LogP contribution is -2.41. The van der Waals surface area contributed by atoms with E-state index in [2.05, 4.69) is 0 Å². The number of aliphatic hydroxyl groups excluding tert-OH is 1. The fourth-order valence-corrected chi connectivity index (χ4v) is 2.25. The van der Waals surface area contributed by atoms with E-state index in [1.54, 1.807) is 0 Å². The van der Waals surface area contributed by atoms with Crippen LogP contribution in [0.2, 0.25) is 0 Å². The molecule has 15 heavy (non-hydrogen) atoms. The van der Waals surface area contributed by atoms with E-state index in [0.717, 1.165) is 19.3 Å². The Kier molecular flexibility index (Phi) is 4.98. The molecule has 0 aromatic heterocycles. The largest absolute Gasteiger partial charge is 0.385 e. The van der Waals surface area contributed by atoms with Gasteiger partial charge in [0.2, 0.25) is 6.54 Å². The van der Waals surface area contributed by atoms with Crippen molar-refractivity contribution in [1.82, 2.24) is 0 Å². The highest BCUT2D eigenvalue weighted by molar-refractivity contribution is 4.77. The zero-order valence-electron chi connectivity index (χ0n) is 8.97. The molecule has 1 saturated carbocycles. The molecule has 3 N–H and O–H groups in total. The van der Waals surface area contributed by atoms with Crippen molar-refractivity contribution in [3.05, 3.63) is 10.1 Å². The third kappa shape index (κ3) is 4.57.